The van der Waals surface area contributed by atoms with Crippen molar-refractivity contribution in [1.82, 2.24) is 20.0 Å². The van der Waals surface area contributed by atoms with Gasteiger partial charge in [0.25, 0.3) is 0 Å². The van der Waals surface area contributed by atoms with E-state index >= 15 is 0 Å². The van der Waals surface area contributed by atoms with Crippen molar-refractivity contribution in [2.45, 2.75) is 31.7 Å². The highest BCUT2D eigenvalue weighted by molar-refractivity contribution is 7.89. The summed E-state index contributed by atoms with van der Waals surface area (Å²) in [4.78, 5) is 19.0. The highest BCUT2D eigenvalue weighted by Crippen LogP contribution is 2.06. The van der Waals surface area contributed by atoms with Crippen molar-refractivity contribution in [2.75, 3.05) is 18.4 Å². The number of carbonyl (C=O) groups is 1. The third-order valence-electron chi connectivity index (χ3n) is 2.15. The number of nitrogens with zero attached hydrogens (tertiary/aromatic N) is 2. The number of aromatic nitrogens is 2. The quantitative estimate of drug-likeness (QED) is 0.638. The molecule has 0 aromatic carbocycles. The molecule has 0 atom stereocenters. The predicted molar refractivity (Wildman–Crippen MR) is 74.7 cm³/mol. The van der Waals surface area contributed by atoms with Crippen molar-refractivity contribution in [3.8, 4) is 0 Å². The van der Waals surface area contributed by atoms with Gasteiger partial charge < -0.3 is 10.6 Å². The van der Waals surface area contributed by atoms with Crippen molar-refractivity contribution in [1.29, 1.82) is 0 Å². The van der Waals surface area contributed by atoms with Crippen LogP contribution in [0, 0.1) is 0 Å². The highest BCUT2D eigenvalue weighted by atomic mass is 32.2. The van der Waals surface area contributed by atoms with E-state index in [9.17, 15) is 13.2 Å². The lowest BCUT2D eigenvalue weighted by Crippen LogP contribution is -2.39. The molecule has 1 amide bonds. The summed E-state index contributed by atoms with van der Waals surface area (Å²) in [5.74, 6) is -0.0437. The molecule has 0 saturated heterocycles. The second-order valence-electron chi connectivity index (χ2n) is 4.32. The Hall–Kier alpha value is -1.74. The molecular weight excluding hydrogens is 282 g/mol. The largest absolute Gasteiger partial charge is 0.355 e. The van der Waals surface area contributed by atoms with Gasteiger partial charge in [-0.25, -0.2) is 23.1 Å². The third kappa shape index (κ3) is 5.10. The fourth-order valence-electron chi connectivity index (χ4n) is 1.32. The van der Waals surface area contributed by atoms with Gasteiger partial charge in [0.05, 0.1) is 18.9 Å². The molecule has 0 fully saturated rings. The first-order valence-electron chi connectivity index (χ1n) is 6.20. The summed E-state index contributed by atoms with van der Waals surface area (Å²) in [6.07, 6.45) is 2.38. The van der Waals surface area contributed by atoms with Gasteiger partial charge in [-0.05, 0) is 20.8 Å². The smallest absolute Gasteiger partial charge is 0.244 e. The molecule has 112 valence electrons. The molecule has 8 nitrogen and oxygen atoms in total. The summed E-state index contributed by atoms with van der Waals surface area (Å²) in [5, 5.41) is 5.44. The Morgan fingerprint density at radius 2 is 1.90 bits per heavy atom. The molecule has 0 spiro atoms. The molecular formula is C11H19N5O3S. The molecule has 20 heavy (non-hydrogen) atoms. The van der Waals surface area contributed by atoms with Gasteiger partial charge >= 0.3 is 0 Å². The van der Waals surface area contributed by atoms with Crippen molar-refractivity contribution < 1.29 is 13.2 Å². The number of hydrogen-bond acceptors (Lipinski definition) is 6. The first kappa shape index (κ1) is 16.3. The van der Waals surface area contributed by atoms with Crippen LogP contribution in [0.2, 0.25) is 0 Å². The van der Waals surface area contributed by atoms with Crippen LogP contribution in [-0.2, 0) is 14.8 Å². The van der Waals surface area contributed by atoms with Gasteiger partial charge in [-0.15, -0.1) is 0 Å². The van der Waals surface area contributed by atoms with E-state index in [4.69, 9.17) is 0 Å². The van der Waals surface area contributed by atoms with Crippen LogP contribution in [0.1, 0.15) is 20.8 Å². The second kappa shape index (κ2) is 7.15. The first-order valence-corrected chi connectivity index (χ1v) is 7.68. The molecule has 1 aromatic heterocycles. The fraction of sp³-hybridized carbons (Fsp3) is 0.545. The second-order valence-corrected chi connectivity index (χ2v) is 6.09. The van der Waals surface area contributed by atoms with Gasteiger partial charge in [0.1, 0.15) is 4.90 Å². The lowest BCUT2D eigenvalue weighted by Gasteiger charge is -2.09. The topological polar surface area (TPSA) is 113 Å². The Bertz CT molecular complexity index is 542. The summed E-state index contributed by atoms with van der Waals surface area (Å²) < 4.78 is 26.0. The maximum Gasteiger partial charge on any atom is 0.244 e. The minimum absolute atomic E-state index is 0.0465. The summed E-state index contributed by atoms with van der Waals surface area (Å²) in [5.41, 5.74) is 0. The maximum atomic E-state index is 11.9. The number of anilines is 1. The molecule has 0 radical (unpaired) electrons. The fourth-order valence-corrected chi connectivity index (χ4v) is 2.19. The lowest BCUT2D eigenvalue weighted by molar-refractivity contribution is -0.120. The number of amides is 1. The van der Waals surface area contributed by atoms with E-state index in [2.05, 4.69) is 25.3 Å². The molecule has 1 aromatic rings. The van der Waals surface area contributed by atoms with Gasteiger partial charge in [0, 0.05) is 12.6 Å². The van der Waals surface area contributed by atoms with Gasteiger partial charge in [0.15, 0.2) is 0 Å². The SMILES string of the molecule is CCNc1ncc(S(=O)(=O)NCC(=O)NC(C)C)cn1. The zero-order chi connectivity index (χ0) is 15.2. The molecule has 0 unspecified atom stereocenters. The van der Waals surface area contributed by atoms with Crippen LogP contribution in [0.3, 0.4) is 0 Å². The number of nitrogens with one attached hydrogen (secondary N) is 3. The van der Waals surface area contributed by atoms with Crippen LogP contribution < -0.4 is 15.4 Å². The van der Waals surface area contributed by atoms with E-state index in [1.165, 1.54) is 12.4 Å². The number of hydrogen-bond donors (Lipinski definition) is 3. The Morgan fingerprint density at radius 3 is 2.40 bits per heavy atom. The monoisotopic (exact) mass is 301 g/mol. The molecule has 9 heteroatoms. The zero-order valence-corrected chi connectivity index (χ0v) is 12.5. The van der Waals surface area contributed by atoms with Crippen molar-refractivity contribution in [3.63, 3.8) is 0 Å². The Morgan fingerprint density at radius 1 is 1.30 bits per heavy atom. The van der Waals surface area contributed by atoms with Gasteiger partial charge in [-0.3, -0.25) is 4.79 Å². The van der Waals surface area contributed by atoms with E-state index in [-0.39, 0.29) is 17.5 Å². The van der Waals surface area contributed by atoms with E-state index in [1.54, 1.807) is 13.8 Å². The standard InChI is InChI=1S/C11H19N5O3S/c1-4-12-11-13-5-9(6-14-11)20(18,19)15-7-10(17)16-8(2)3/h5-6,8,15H,4,7H2,1-3H3,(H,16,17)(H,12,13,14). The van der Waals surface area contributed by atoms with E-state index in [1.807, 2.05) is 6.92 Å². The minimum atomic E-state index is -3.79. The van der Waals surface area contributed by atoms with Gasteiger partial charge in [-0.1, -0.05) is 0 Å². The average molecular weight is 301 g/mol. The number of sulfonamides is 1. The molecule has 0 aliphatic heterocycles. The Kier molecular flexibility index (Phi) is 5.83. The van der Waals surface area contributed by atoms with Gasteiger partial charge in [0.2, 0.25) is 21.9 Å². The normalized spacial score (nSPS) is 11.4. The van der Waals surface area contributed by atoms with Crippen molar-refractivity contribution in [3.05, 3.63) is 12.4 Å². The summed E-state index contributed by atoms with van der Waals surface area (Å²) in [6, 6.07) is -0.0465. The lowest BCUT2D eigenvalue weighted by atomic mass is 10.4. The molecule has 0 saturated carbocycles. The first-order chi connectivity index (χ1) is 9.35. The average Bonchev–Trinajstić information content (AvgIpc) is 2.37. The molecule has 0 aliphatic carbocycles. The van der Waals surface area contributed by atoms with E-state index < -0.39 is 15.9 Å². The minimum Gasteiger partial charge on any atom is -0.355 e. The number of carbonyl (C=O) groups excluding carboxylic acids is 1. The molecule has 1 heterocycles. The van der Waals surface area contributed by atoms with E-state index in [0.29, 0.717) is 12.5 Å². The maximum absolute atomic E-state index is 11.9. The molecule has 0 aliphatic rings. The highest BCUT2D eigenvalue weighted by Gasteiger charge is 2.16. The van der Waals surface area contributed by atoms with Gasteiger partial charge in [-0.2, -0.15) is 0 Å². The summed E-state index contributed by atoms with van der Waals surface area (Å²) in [7, 11) is -3.79. The Balaban J connectivity index is 2.66. The van der Waals surface area contributed by atoms with E-state index in [0.717, 1.165) is 0 Å². The van der Waals surface area contributed by atoms with Crippen molar-refractivity contribution >= 4 is 21.9 Å². The van der Waals surface area contributed by atoms with Crippen LogP contribution in [0.4, 0.5) is 5.95 Å². The third-order valence-corrected chi connectivity index (χ3v) is 3.50. The molecule has 3 N–H and O–H groups in total. The van der Waals surface area contributed by atoms with Crippen LogP contribution in [-0.4, -0.2) is 43.4 Å². The molecule has 1 rings (SSSR count). The molecule has 0 bridgehead atoms. The van der Waals surface area contributed by atoms with Crippen molar-refractivity contribution in [2.24, 2.45) is 0 Å². The van der Waals surface area contributed by atoms with Crippen LogP contribution in [0.25, 0.3) is 0 Å². The van der Waals surface area contributed by atoms with Crippen LogP contribution >= 0.6 is 0 Å². The zero-order valence-electron chi connectivity index (χ0n) is 11.7. The predicted octanol–water partition coefficient (Wildman–Crippen LogP) is -0.289. The Labute approximate surface area is 118 Å². The summed E-state index contributed by atoms with van der Waals surface area (Å²) >= 11 is 0. The van der Waals surface area contributed by atoms with Crippen LogP contribution in [0.5, 0.6) is 0 Å². The van der Waals surface area contributed by atoms with Crippen LogP contribution in [0.15, 0.2) is 17.3 Å². The summed E-state index contributed by atoms with van der Waals surface area (Å²) in [6.45, 7) is 5.78. The number of rotatable bonds is 7.